The quantitative estimate of drug-likeness (QED) is 0.695. The van der Waals surface area contributed by atoms with E-state index in [1.54, 1.807) is 0 Å². The minimum absolute atomic E-state index is 0.410. The molecule has 1 rings (SSSR count). The van der Waals surface area contributed by atoms with Crippen molar-refractivity contribution >= 4 is 0 Å². The summed E-state index contributed by atoms with van der Waals surface area (Å²) >= 11 is 0. The Labute approximate surface area is 107 Å². The number of hydrogen-bond donors (Lipinski definition) is 1. The molecule has 0 aromatic rings. The number of hydrogen-bond acceptors (Lipinski definition) is 3. The van der Waals surface area contributed by atoms with Gasteiger partial charge in [0.25, 0.3) is 0 Å². The van der Waals surface area contributed by atoms with Gasteiger partial charge in [0, 0.05) is 25.7 Å². The first-order chi connectivity index (χ1) is 8.17. The molecule has 0 spiro atoms. The zero-order chi connectivity index (χ0) is 12.7. The molecule has 3 heteroatoms. The Morgan fingerprint density at radius 2 is 2.06 bits per heavy atom. The van der Waals surface area contributed by atoms with Crippen molar-refractivity contribution < 1.29 is 4.74 Å². The fourth-order valence-electron chi connectivity index (χ4n) is 2.82. The maximum absolute atomic E-state index is 6.24. The van der Waals surface area contributed by atoms with E-state index in [4.69, 9.17) is 10.5 Å². The molecule has 0 bridgehead atoms. The van der Waals surface area contributed by atoms with Crippen LogP contribution in [0.3, 0.4) is 0 Å². The van der Waals surface area contributed by atoms with Gasteiger partial charge in [-0.15, -0.1) is 0 Å². The predicted octanol–water partition coefficient (Wildman–Crippen LogP) is 2.11. The molecule has 0 aromatic carbocycles. The van der Waals surface area contributed by atoms with Crippen molar-refractivity contribution in [2.24, 2.45) is 17.6 Å². The van der Waals surface area contributed by atoms with Gasteiger partial charge in [0.2, 0.25) is 0 Å². The molecule has 1 aliphatic carbocycles. The highest BCUT2D eigenvalue weighted by Gasteiger charge is 2.27. The van der Waals surface area contributed by atoms with Crippen LogP contribution < -0.4 is 5.73 Å². The van der Waals surface area contributed by atoms with Gasteiger partial charge in [-0.3, -0.25) is 0 Å². The van der Waals surface area contributed by atoms with E-state index in [0.717, 1.165) is 32.2 Å². The van der Waals surface area contributed by atoms with E-state index in [1.165, 1.54) is 25.7 Å². The molecule has 0 amide bonds. The summed E-state index contributed by atoms with van der Waals surface area (Å²) in [7, 11) is 2.18. The average Bonchev–Trinajstić information content (AvgIpc) is 2.32. The summed E-state index contributed by atoms with van der Waals surface area (Å²) in [5.74, 6) is 1.58. The van der Waals surface area contributed by atoms with Gasteiger partial charge in [0.15, 0.2) is 0 Å². The molecule has 1 aliphatic rings. The molecule has 3 nitrogen and oxygen atoms in total. The summed E-state index contributed by atoms with van der Waals surface area (Å²) in [4.78, 5) is 2.37. The van der Waals surface area contributed by atoms with Crippen LogP contribution in [0.15, 0.2) is 0 Å². The summed E-state index contributed by atoms with van der Waals surface area (Å²) in [6.07, 6.45) is 5.17. The van der Waals surface area contributed by atoms with Gasteiger partial charge in [0.1, 0.15) is 0 Å². The molecule has 1 fully saturated rings. The Morgan fingerprint density at radius 1 is 1.29 bits per heavy atom. The third kappa shape index (κ3) is 5.36. The van der Waals surface area contributed by atoms with E-state index >= 15 is 0 Å². The van der Waals surface area contributed by atoms with Crippen LogP contribution in [0.25, 0.3) is 0 Å². The average molecular weight is 242 g/mol. The highest BCUT2D eigenvalue weighted by Crippen LogP contribution is 2.30. The van der Waals surface area contributed by atoms with Gasteiger partial charge in [0.05, 0.1) is 6.61 Å². The number of ether oxygens (including phenoxy) is 1. The minimum atomic E-state index is 0.410. The van der Waals surface area contributed by atoms with Crippen LogP contribution in [-0.4, -0.2) is 44.3 Å². The lowest BCUT2D eigenvalue weighted by atomic mass is 9.77. The summed E-state index contributed by atoms with van der Waals surface area (Å²) in [5.41, 5.74) is 6.24. The maximum Gasteiger partial charge on any atom is 0.0593 e. The minimum Gasteiger partial charge on any atom is -0.380 e. The fourth-order valence-corrected chi connectivity index (χ4v) is 2.82. The second-order valence-electron chi connectivity index (χ2n) is 5.47. The van der Waals surface area contributed by atoms with Crippen LogP contribution in [0.2, 0.25) is 0 Å². The zero-order valence-corrected chi connectivity index (χ0v) is 11.8. The molecular formula is C14H30N2O. The Hall–Kier alpha value is -0.120. The first kappa shape index (κ1) is 14.9. The normalized spacial score (nSPS) is 29.8. The maximum atomic E-state index is 6.24. The predicted molar refractivity (Wildman–Crippen MR) is 73.1 cm³/mol. The number of nitrogens with two attached hydrogens (primary N) is 1. The van der Waals surface area contributed by atoms with Crippen molar-refractivity contribution in [1.29, 1.82) is 0 Å². The lowest BCUT2D eigenvalue weighted by molar-refractivity contribution is 0.105. The second kappa shape index (κ2) is 8.06. The summed E-state index contributed by atoms with van der Waals surface area (Å²) in [6, 6.07) is 0.410. The smallest absolute Gasteiger partial charge is 0.0593 e. The molecular weight excluding hydrogens is 212 g/mol. The number of rotatable bonds is 7. The Morgan fingerprint density at radius 3 is 2.71 bits per heavy atom. The lowest BCUT2D eigenvalue weighted by Crippen LogP contribution is -2.42. The van der Waals surface area contributed by atoms with Crippen LogP contribution in [0.4, 0.5) is 0 Å². The van der Waals surface area contributed by atoms with Crippen molar-refractivity contribution in [3.05, 3.63) is 0 Å². The van der Waals surface area contributed by atoms with E-state index in [9.17, 15) is 0 Å². The Balaban J connectivity index is 2.27. The molecule has 2 N–H and O–H groups in total. The molecule has 17 heavy (non-hydrogen) atoms. The van der Waals surface area contributed by atoms with Crippen molar-refractivity contribution in [2.75, 3.05) is 33.4 Å². The van der Waals surface area contributed by atoms with Crippen LogP contribution >= 0.6 is 0 Å². The van der Waals surface area contributed by atoms with Crippen LogP contribution in [0.1, 0.15) is 39.5 Å². The largest absolute Gasteiger partial charge is 0.380 e. The molecule has 0 radical (unpaired) electrons. The zero-order valence-electron chi connectivity index (χ0n) is 11.8. The van der Waals surface area contributed by atoms with Crippen molar-refractivity contribution in [3.63, 3.8) is 0 Å². The lowest BCUT2D eigenvalue weighted by Gasteiger charge is -2.36. The third-order valence-corrected chi connectivity index (χ3v) is 4.09. The first-order valence-corrected chi connectivity index (χ1v) is 7.19. The van der Waals surface area contributed by atoms with Crippen LogP contribution in [0.5, 0.6) is 0 Å². The van der Waals surface area contributed by atoms with Gasteiger partial charge < -0.3 is 15.4 Å². The van der Waals surface area contributed by atoms with E-state index in [-0.39, 0.29) is 0 Å². The standard InChI is InChI=1S/C14H30N2O/c1-4-12-6-7-14(15)13(10-12)11-16(3)8-9-17-5-2/h12-14H,4-11,15H2,1-3H3. The van der Waals surface area contributed by atoms with Gasteiger partial charge in [-0.25, -0.2) is 0 Å². The van der Waals surface area contributed by atoms with Crippen molar-refractivity contribution in [3.8, 4) is 0 Å². The Kier molecular flexibility index (Phi) is 7.09. The summed E-state index contributed by atoms with van der Waals surface area (Å²) < 4.78 is 5.39. The third-order valence-electron chi connectivity index (χ3n) is 4.09. The molecule has 0 aliphatic heterocycles. The molecule has 3 atom stereocenters. The SMILES string of the molecule is CCOCCN(C)CC1CC(CC)CCC1N. The van der Waals surface area contributed by atoms with Crippen molar-refractivity contribution in [1.82, 2.24) is 4.90 Å². The highest BCUT2D eigenvalue weighted by atomic mass is 16.5. The molecule has 0 heterocycles. The van der Waals surface area contributed by atoms with Gasteiger partial charge >= 0.3 is 0 Å². The van der Waals surface area contributed by atoms with E-state index in [1.807, 2.05) is 6.92 Å². The monoisotopic (exact) mass is 242 g/mol. The molecule has 0 aromatic heterocycles. The molecule has 102 valence electrons. The number of likely N-dealkylation sites (N-methyl/N-ethyl adjacent to an activating group) is 1. The van der Waals surface area contributed by atoms with Crippen molar-refractivity contribution in [2.45, 2.75) is 45.6 Å². The molecule has 0 saturated heterocycles. The first-order valence-electron chi connectivity index (χ1n) is 7.19. The summed E-state index contributed by atoms with van der Waals surface area (Å²) in [5, 5.41) is 0. The number of nitrogens with zero attached hydrogens (tertiary/aromatic N) is 1. The van der Waals surface area contributed by atoms with E-state index < -0.39 is 0 Å². The topological polar surface area (TPSA) is 38.5 Å². The molecule has 1 saturated carbocycles. The van der Waals surface area contributed by atoms with E-state index in [0.29, 0.717) is 12.0 Å². The fraction of sp³-hybridized carbons (Fsp3) is 1.00. The molecule has 3 unspecified atom stereocenters. The van der Waals surface area contributed by atoms with Gasteiger partial charge in [-0.1, -0.05) is 13.3 Å². The second-order valence-corrected chi connectivity index (χ2v) is 5.47. The summed E-state index contributed by atoms with van der Waals surface area (Å²) in [6.45, 7) is 8.15. The van der Waals surface area contributed by atoms with E-state index in [2.05, 4.69) is 18.9 Å². The Bertz CT molecular complexity index is 199. The van der Waals surface area contributed by atoms with Crippen LogP contribution in [0, 0.1) is 11.8 Å². The van der Waals surface area contributed by atoms with Gasteiger partial charge in [-0.05, 0) is 45.1 Å². The highest BCUT2D eigenvalue weighted by molar-refractivity contribution is 4.83. The van der Waals surface area contributed by atoms with Gasteiger partial charge in [-0.2, -0.15) is 0 Å². The van der Waals surface area contributed by atoms with Crippen LogP contribution in [-0.2, 0) is 4.74 Å².